The highest BCUT2D eigenvalue weighted by molar-refractivity contribution is 7.99. The molecular formula is C19H22FNO2S. The monoisotopic (exact) mass is 347 g/mol. The van der Waals surface area contributed by atoms with E-state index in [2.05, 4.69) is 5.32 Å². The molecule has 0 aliphatic carbocycles. The van der Waals surface area contributed by atoms with E-state index in [9.17, 15) is 9.18 Å². The Morgan fingerprint density at radius 3 is 2.62 bits per heavy atom. The number of hydrogen-bond donors (Lipinski definition) is 1. The van der Waals surface area contributed by atoms with E-state index in [0.717, 1.165) is 23.3 Å². The molecule has 0 radical (unpaired) electrons. The Bertz CT molecular complexity index is 661. The predicted molar refractivity (Wildman–Crippen MR) is 96.9 cm³/mol. The van der Waals surface area contributed by atoms with Crippen LogP contribution < -0.4 is 10.1 Å². The fourth-order valence-corrected chi connectivity index (χ4v) is 3.05. The van der Waals surface area contributed by atoms with Gasteiger partial charge in [0.1, 0.15) is 11.6 Å². The maximum Gasteiger partial charge on any atom is 0.232 e. The summed E-state index contributed by atoms with van der Waals surface area (Å²) in [6, 6.07) is 14.3. The van der Waals surface area contributed by atoms with Gasteiger partial charge in [-0.2, -0.15) is 0 Å². The highest BCUT2D eigenvalue weighted by atomic mass is 32.2. The average Bonchev–Trinajstić information content (AvgIpc) is 2.60. The van der Waals surface area contributed by atoms with Crippen molar-refractivity contribution in [2.24, 2.45) is 0 Å². The summed E-state index contributed by atoms with van der Waals surface area (Å²) >= 11 is 1.50. The van der Waals surface area contributed by atoms with Crippen LogP contribution in [-0.4, -0.2) is 24.8 Å². The first-order valence-electron chi connectivity index (χ1n) is 7.85. The molecule has 1 atom stereocenters. The van der Waals surface area contributed by atoms with E-state index in [0.29, 0.717) is 12.3 Å². The summed E-state index contributed by atoms with van der Waals surface area (Å²) in [5, 5.41) is 2.77. The average molecular weight is 347 g/mol. The number of nitrogens with one attached hydrogen (secondary N) is 1. The number of ether oxygens (including phenoxy) is 1. The van der Waals surface area contributed by atoms with Gasteiger partial charge in [-0.05, 0) is 48.7 Å². The van der Waals surface area contributed by atoms with Crippen LogP contribution in [0, 0.1) is 5.82 Å². The Morgan fingerprint density at radius 2 is 1.96 bits per heavy atom. The van der Waals surface area contributed by atoms with Gasteiger partial charge < -0.3 is 10.1 Å². The second-order valence-electron chi connectivity index (χ2n) is 5.47. The summed E-state index contributed by atoms with van der Waals surface area (Å²) in [5.41, 5.74) is 2.04. The molecule has 0 aliphatic heterocycles. The fourth-order valence-electron chi connectivity index (χ4n) is 2.19. The zero-order valence-electron chi connectivity index (χ0n) is 13.9. The molecule has 0 saturated carbocycles. The fraction of sp³-hybridized carbons (Fsp3) is 0.316. The molecule has 2 aromatic carbocycles. The summed E-state index contributed by atoms with van der Waals surface area (Å²) in [6.45, 7) is 2.46. The van der Waals surface area contributed by atoms with E-state index >= 15 is 0 Å². The first-order valence-corrected chi connectivity index (χ1v) is 8.90. The number of carbonyl (C=O) groups excluding carboxylic acids is 1. The minimum Gasteiger partial charge on any atom is -0.497 e. The Kier molecular flexibility index (Phi) is 7.12. The van der Waals surface area contributed by atoms with E-state index in [1.54, 1.807) is 13.2 Å². The van der Waals surface area contributed by atoms with Crippen molar-refractivity contribution in [3.05, 3.63) is 65.5 Å². The summed E-state index contributed by atoms with van der Waals surface area (Å²) in [6.07, 6.45) is 0.775. The molecular weight excluding hydrogens is 325 g/mol. The van der Waals surface area contributed by atoms with Crippen molar-refractivity contribution in [3.63, 3.8) is 0 Å². The molecule has 0 spiro atoms. The van der Waals surface area contributed by atoms with Crippen LogP contribution in [0.4, 0.5) is 4.39 Å². The maximum atomic E-state index is 13.1. The molecule has 0 heterocycles. The molecule has 1 unspecified atom stereocenters. The molecule has 0 fully saturated rings. The molecule has 128 valence electrons. The molecule has 2 aromatic rings. The Balaban J connectivity index is 1.71. The van der Waals surface area contributed by atoms with Crippen LogP contribution in [0.1, 0.15) is 18.1 Å². The van der Waals surface area contributed by atoms with Crippen molar-refractivity contribution in [2.75, 3.05) is 13.7 Å². The number of carbonyl (C=O) groups is 1. The van der Waals surface area contributed by atoms with Gasteiger partial charge in [0.2, 0.25) is 5.91 Å². The molecule has 1 N–H and O–H groups in total. The van der Waals surface area contributed by atoms with Gasteiger partial charge in [0.15, 0.2) is 0 Å². The molecule has 1 amide bonds. The quantitative estimate of drug-likeness (QED) is 0.789. The molecule has 5 heteroatoms. The normalized spacial score (nSPS) is 11.8. The third-order valence-corrected chi connectivity index (χ3v) is 4.84. The summed E-state index contributed by atoms with van der Waals surface area (Å²) in [4.78, 5) is 12.1. The van der Waals surface area contributed by atoms with Crippen LogP contribution in [-0.2, 0) is 17.0 Å². The number of thioether (sulfide) groups is 1. The first kappa shape index (κ1) is 18.3. The van der Waals surface area contributed by atoms with Crippen LogP contribution in [0.25, 0.3) is 0 Å². The van der Waals surface area contributed by atoms with Gasteiger partial charge >= 0.3 is 0 Å². The zero-order valence-corrected chi connectivity index (χ0v) is 14.7. The molecule has 0 saturated heterocycles. The Hall–Kier alpha value is -2.01. The van der Waals surface area contributed by atoms with E-state index in [1.165, 1.54) is 23.9 Å². The lowest BCUT2D eigenvalue weighted by molar-refractivity contribution is -0.120. The molecule has 0 aliphatic rings. The van der Waals surface area contributed by atoms with Gasteiger partial charge in [0, 0.05) is 12.3 Å². The summed E-state index contributed by atoms with van der Waals surface area (Å²) in [7, 11) is 1.64. The third-order valence-electron chi connectivity index (χ3n) is 3.63. The first-order chi connectivity index (χ1) is 11.6. The number of methoxy groups -OCH3 is 1. The van der Waals surface area contributed by atoms with Gasteiger partial charge in [0.05, 0.1) is 12.4 Å². The van der Waals surface area contributed by atoms with Crippen molar-refractivity contribution in [3.8, 4) is 5.75 Å². The lowest BCUT2D eigenvalue weighted by Crippen LogP contribution is -2.32. The lowest BCUT2D eigenvalue weighted by atomic mass is 10.1. The molecule has 24 heavy (non-hydrogen) atoms. The molecule has 0 bridgehead atoms. The zero-order chi connectivity index (χ0) is 17.4. The smallest absolute Gasteiger partial charge is 0.232 e. The van der Waals surface area contributed by atoms with Gasteiger partial charge in [-0.25, -0.2) is 4.39 Å². The molecule has 0 aromatic heterocycles. The van der Waals surface area contributed by atoms with E-state index in [1.807, 2.05) is 37.3 Å². The minimum absolute atomic E-state index is 0.00455. The number of benzene rings is 2. The SMILES string of the molecule is COc1ccc(CCNC(=O)C(C)SCc2cccc(F)c2)cc1. The predicted octanol–water partition coefficient (Wildman–Crippen LogP) is 3.81. The molecule has 3 nitrogen and oxygen atoms in total. The number of hydrogen-bond acceptors (Lipinski definition) is 3. The third kappa shape index (κ3) is 5.89. The number of halogens is 1. The van der Waals surface area contributed by atoms with Crippen LogP contribution in [0.15, 0.2) is 48.5 Å². The van der Waals surface area contributed by atoms with Crippen LogP contribution in [0.2, 0.25) is 0 Å². The van der Waals surface area contributed by atoms with Crippen molar-refractivity contribution in [2.45, 2.75) is 24.3 Å². The number of amides is 1. The van der Waals surface area contributed by atoms with Crippen LogP contribution in [0.3, 0.4) is 0 Å². The van der Waals surface area contributed by atoms with Gasteiger partial charge in [-0.1, -0.05) is 24.3 Å². The highest BCUT2D eigenvalue weighted by Crippen LogP contribution is 2.18. The van der Waals surface area contributed by atoms with Crippen molar-refractivity contribution < 1.29 is 13.9 Å². The van der Waals surface area contributed by atoms with Gasteiger partial charge in [-0.3, -0.25) is 4.79 Å². The Morgan fingerprint density at radius 1 is 1.21 bits per heavy atom. The Labute approximate surface area is 146 Å². The van der Waals surface area contributed by atoms with E-state index < -0.39 is 0 Å². The lowest BCUT2D eigenvalue weighted by Gasteiger charge is -2.12. The van der Waals surface area contributed by atoms with Crippen LogP contribution in [0.5, 0.6) is 5.75 Å². The van der Waals surface area contributed by atoms with Crippen molar-refractivity contribution in [1.29, 1.82) is 0 Å². The minimum atomic E-state index is -0.246. The standard InChI is InChI=1S/C19H22FNO2S/c1-14(24-13-16-4-3-5-17(20)12-16)19(22)21-11-10-15-6-8-18(23-2)9-7-15/h3-9,12,14H,10-11,13H2,1-2H3,(H,21,22). The van der Waals surface area contributed by atoms with E-state index in [4.69, 9.17) is 4.74 Å². The maximum absolute atomic E-state index is 13.1. The number of rotatable bonds is 8. The van der Waals surface area contributed by atoms with Gasteiger partial charge in [-0.15, -0.1) is 11.8 Å². The van der Waals surface area contributed by atoms with Gasteiger partial charge in [0.25, 0.3) is 0 Å². The molecule has 2 rings (SSSR count). The van der Waals surface area contributed by atoms with Crippen molar-refractivity contribution >= 4 is 17.7 Å². The topological polar surface area (TPSA) is 38.3 Å². The second kappa shape index (κ2) is 9.33. The van der Waals surface area contributed by atoms with E-state index in [-0.39, 0.29) is 17.0 Å². The second-order valence-corrected chi connectivity index (χ2v) is 6.80. The highest BCUT2D eigenvalue weighted by Gasteiger charge is 2.13. The van der Waals surface area contributed by atoms with Crippen molar-refractivity contribution in [1.82, 2.24) is 5.32 Å². The van der Waals surface area contributed by atoms with Crippen LogP contribution >= 0.6 is 11.8 Å². The summed E-state index contributed by atoms with van der Waals surface area (Å²) in [5.74, 6) is 1.20. The largest absolute Gasteiger partial charge is 0.497 e. The summed E-state index contributed by atoms with van der Waals surface area (Å²) < 4.78 is 18.2.